The molecule has 0 aromatic carbocycles. The van der Waals surface area contributed by atoms with Crippen LogP contribution in [0.15, 0.2) is 12.3 Å². The van der Waals surface area contributed by atoms with E-state index in [4.69, 9.17) is 16.3 Å². The first kappa shape index (κ1) is 14.1. The van der Waals surface area contributed by atoms with Crippen LogP contribution in [0.2, 0.25) is 5.02 Å². The lowest BCUT2D eigenvalue weighted by Crippen LogP contribution is -2.38. The number of amides is 1. The first-order chi connectivity index (χ1) is 8.60. The molecule has 5 heteroatoms. The molecule has 104 valence electrons. The Morgan fingerprint density at radius 1 is 1.47 bits per heavy atom. The summed E-state index contributed by atoms with van der Waals surface area (Å²) in [5.41, 5.74) is 0.904. The molecule has 0 saturated carbocycles. The van der Waals surface area contributed by atoms with Crippen molar-refractivity contribution in [1.82, 2.24) is 4.98 Å². The maximum atomic E-state index is 12.3. The smallest absolute Gasteiger partial charge is 0.414 e. The normalized spacial score (nSPS) is 17.3. The molecule has 0 spiro atoms. The fourth-order valence-electron chi connectivity index (χ4n) is 2.19. The molecule has 0 fully saturated rings. The molecule has 0 atom stereocenters. The molecule has 2 heterocycles. The molecule has 1 aliphatic rings. The number of fused-ring (bicyclic) bond motifs is 1. The molecule has 1 aromatic heterocycles. The molecule has 0 aliphatic carbocycles. The Balaban J connectivity index is 2.36. The van der Waals surface area contributed by atoms with E-state index in [1.165, 1.54) is 0 Å². The summed E-state index contributed by atoms with van der Waals surface area (Å²) in [6, 6.07) is 1.77. The molecule has 4 nitrogen and oxygen atoms in total. The van der Waals surface area contributed by atoms with Crippen molar-refractivity contribution in [2.24, 2.45) is 0 Å². The summed E-state index contributed by atoms with van der Waals surface area (Å²) in [6.45, 7) is 10.2. The van der Waals surface area contributed by atoms with Crippen LogP contribution in [0.1, 0.15) is 40.3 Å². The summed E-state index contributed by atoms with van der Waals surface area (Å²) >= 11 is 5.98. The second kappa shape index (κ2) is 4.37. The van der Waals surface area contributed by atoms with Gasteiger partial charge in [-0.1, -0.05) is 25.4 Å². The Morgan fingerprint density at radius 3 is 2.68 bits per heavy atom. The monoisotopic (exact) mass is 282 g/mol. The highest BCUT2D eigenvalue weighted by Gasteiger charge is 2.41. The van der Waals surface area contributed by atoms with Crippen LogP contribution in [0, 0.1) is 0 Å². The van der Waals surface area contributed by atoms with Crippen LogP contribution in [0.4, 0.5) is 10.5 Å². The van der Waals surface area contributed by atoms with E-state index >= 15 is 0 Å². The second-order valence-electron chi connectivity index (χ2n) is 6.47. The first-order valence-electron chi connectivity index (χ1n) is 6.27. The number of aromatic nitrogens is 1. The molecular weight excluding hydrogens is 264 g/mol. The number of carbonyl (C=O) groups is 1. The van der Waals surface area contributed by atoms with Gasteiger partial charge in [0.2, 0.25) is 0 Å². The van der Waals surface area contributed by atoms with E-state index in [-0.39, 0.29) is 11.5 Å². The highest BCUT2D eigenvalue weighted by molar-refractivity contribution is 6.30. The van der Waals surface area contributed by atoms with Crippen molar-refractivity contribution in [1.29, 1.82) is 0 Å². The van der Waals surface area contributed by atoms with Crippen molar-refractivity contribution in [3.8, 4) is 0 Å². The summed E-state index contributed by atoms with van der Waals surface area (Å²) in [5.74, 6) is 0. The predicted molar refractivity (Wildman–Crippen MR) is 75.9 cm³/mol. The van der Waals surface area contributed by atoms with Crippen LogP contribution in [-0.2, 0) is 10.2 Å². The molecule has 1 aromatic rings. The number of hydrogen-bond donors (Lipinski definition) is 0. The first-order valence-corrected chi connectivity index (χ1v) is 6.64. The van der Waals surface area contributed by atoms with Gasteiger partial charge >= 0.3 is 6.09 Å². The Bertz CT molecular complexity index is 521. The predicted octanol–water partition coefficient (Wildman–Crippen LogP) is 3.77. The van der Waals surface area contributed by atoms with Crippen molar-refractivity contribution in [3.05, 3.63) is 23.0 Å². The Hall–Kier alpha value is -1.29. The lowest BCUT2D eigenvalue weighted by Gasteiger charge is -2.25. The van der Waals surface area contributed by atoms with E-state index in [1.54, 1.807) is 17.2 Å². The molecule has 1 amide bonds. The summed E-state index contributed by atoms with van der Waals surface area (Å²) in [5, 5.41) is 0.519. The van der Waals surface area contributed by atoms with Crippen LogP contribution in [0.25, 0.3) is 0 Å². The van der Waals surface area contributed by atoms with Crippen molar-refractivity contribution >= 4 is 23.4 Å². The number of halogens is 1. The van der Waals surface area contributed by atoms with E-state index in [2.05, 4.69) is 18.8 Å². The SMILES string of the molecule is CC(C)(C)OC(=O)N1CC(C)(C)c2ncc(Cl)cc21. The van der Waals surface area contributed by atoms with Gasteiger partial charge in [-0.25, -0.2) is 4.79 Å². The minimum atomic E-state index is -0.518. The number of anilines is 1. The van der Waals surface area contributed by atoms with Crippen LogP contribution in [-0.4, -0.2) is 23.2 Å². The molecule has 0 unspecified atom stereocenters. The number of rotatable bonds is 0. The lowest BCUT2D eigenvalue weighted by molar-refractivity contribution is 0.0579. The second-order valence-corrected chi connectivity index (χ2v) is 6.91. The van der Waals surface area contributed by atoms with Gasteiger partial charge in [-0.15, -0.1) is 0 Å². The molecule has 2 rings (SSSR count). The van der Waals surface area contributed by atoms with Gasteiger partial charge in [0.1, 0.15) is 5.60 Å². The van der Waals surface area contributed by atoms with E-state index in [9.17, 15) is 4.79 Å². The zero-order valence-corrected chi connectivity index (χ0v) is 12.7. The maximum absolute atomic E-state index is 12.3. The quantitative estimate of drug-likeness (QED) is 0.727. The largest absolute Gasteiger partial charge is 0.443 e. The molecule has 1 aliphatic heterocycles. The third-order valence-electron chi connectivity index (χ3n) is 2.93. The Morgan fingerprint density at radius 2 is 2.11 bits per heavy atom. The number of pyridine rings is 1. The van der Waals surface area contributed by atoms with Crippen molar-refractivity contribution in [3.63, 3.8) is 0 Å². The maximum Gasteiger partial charge on any atom is 0.414 e. The molecule has 0 N–H and O–H groups in total. The molecule has 0 saturated heterocycles. The third-order valence-corrected chi connectivity index (χ3v) is 3.14. The van der Waals surface area contributed by atoms with Crippen LogP contribution in [0.3, 0.4) is 0 Å². The Kier molecular flexibility index (Phi) is 3.25. The van der Waals surface area contributed by atoms with Crippen LogP contribution >= 0.6 is 11.6 Å². The van der Waals surface area contributed by atoms with E-state index in [0.717, 1.165) is 11.4 Å². The number of carbonyl (C=O) groups excluding carboxylic acids is 1. The molecular formula is C14H19ClN2O2. The topological polar surface area (TPSA) is 42.4 Å². The summed E-state index contributed by atoms with van der Waals surface area (Å²) < 4.78 is 5.43. The summed E-state index contributed by atoms with van der Waals surface area (Å²) in [7, 11) is 0. The Labute approximate surface area is 118 Å². The van der Waals surface area contributed by atoms with Crippen LogP contribution in [0.5, 0.6) is 0 Å². The van der Waals surface area contributed by atoms with Gasteiger partial charge in [-0.3, -0.25) is 9.88 Å². The van der Waals surface area contributed by atoms with Crippen molar-refractivity contribution < 1.29 is 9.53 Å². The zero-order chi connectivity index (χ0) is 14.4. The van der Waals surface area contributed by atoms with Crippen molar-refractivity contribution in [2.45, 2.75) is 45.6 Å². The highest BCUT2D eigenvalue weighted by atomic mass is 35.5. The fourth-order valence-corrected chi connectivity index (χ4v) is 2.34. The highest BCUT2D eigenvalue weighted by Crippen LogP contribution is 2.40. The minimum absolute atomic E-state index is 0.198. The van der Waals surface area contributed by atoms with Gasteiger partial charge in [0.05, 0.1) is 16.4 Å². The van der Waals surface area contributed by atoms with Gasteiger partial charge < -0.3 is 4.74 Å². The standard InChI is InChI=1S/C14H19ClN2O2/c1-13(2,3)19-12(18)17-8-14(4,5)11-10(17)6-9(15)7-16-11/h6-7H,8H2,1-5H3. The molecule has 19 heavy (non-hydrogen) atoms. The minimum Gasteiger partial charge on any atom is -0.443 e. The number of hydrogen-bond acceptors (Lipinski definition) is 3. The van der Waals surface area contributed by atoms with Gasteiger partial charge in [0.25, 0.3) is 0 Å². The summed E-state index contributed by atoms with van der Waals surface area (Å²) in [4.78, 5) is 18.2. The average Bonchev–Trinajstić information content (AvgIpc) is 2.48. The van der Waals surface area contributed by atoms with E-state index in [0.29, 0.717) is 11.6 Å². The molecule has 0 bridgehead atoms. The number of nitrogens with zero attached hydrogens (tertiary/aromatic N) is 2. The van der Waals surface area contributed by atoms with E-state index in [1.807, 2.05) is 20.8 Å². The van der Waals surface area contributed by atoms with Crippen molar-refractivity contribution in [2.75, 3.05) is 11.4 Å². The van der Waals surface area contributed by atoms with Gasteiger partial charge in [-0.2, -0.15) is 0 Å². The zero-order valence-electron chi connectivity index (χ0n) is 12.0. The van der Waals surface area contributed by atoms with Crippen LogP contribution < -0.4 is 4.90 Å². The average molecular weight is 283 g/mol. The van der Waals surface area contributed by atoms with Gasteiger partial charge in [0, 0.05) is 18.2 Å². The third kappa shape index (κ3) is 2.84. The van der Waals surface area contributed by atoms with Gasteiger partial charge in [-0.05, 0) is 26.8 Å². The summed E-state index contributed by atoms with van der Waals surface area (Å²) in [6.07, 6.45) is 1.25. The van der Waals surface area contributed by atoms with E-state index < -0.39 is 5.60 Å². The lowest BCUT2D eigenvalue weighted by atomic mass is 9.91. The van der Waals surface area contributed by atoms with Gasteiger partial charge in [0.15, 0.2) is 0 Å². The molecule has 0 radical (unpaired) electrons. The fraction of sp³-hybridized carbons (Fsp3) is 0.571. The number of ether oxygens (including phenoxy) is 1.